The zero-order valence-electron chi connectivity index (χ0n) is 14.0. The Kier molecular flexibility index (Phi) is 6.73. The third-order valence-electron chi connectivity index (χ3n) is 3.81. The van der Waals surface area contributed by atoms with E-state index in [9.17, 15) is 4.79 Å². The highest BCUT2D eigenvalue weighted by atomic mass is 79.9. The molecule has 2 aromatic carbocycles. The molecule has 0 unspecified atom stereocenters. The molecule has 0 atom stereocenters. The first kappa shape index (κ1) is 18.7. The first-order chi connectivity index (χ1) is 12.1. The smallest absolute Gasteiger partial charge is 0.262 e. The molecule has 1 saturated heterocycles. The molecule has 25 heavy (non-hydrogen) atoms. The number of ether oxygens (including phenoxy) is 1. The Bertz CT molecular complexity index is 731. The Labute approximate surface area is 165 Å². The van der Waals surface area contributed by atoms with Crippen LogP contribution in [0.2, 0.25) is 0 Å². The number of carbonyl (C=O) groups excluding carboxylic acids is 1. The number of halogens is 1. The summed E-state index contributed by atoms with van der Waals surface area (Å²) >= 11 is 7.42. The molecule has 0 saturated carbocycles. The third-order valence-corrected chi connectivity index (χ3v) is 7.32. The Morgan fingerprint density at radius 2 is 1.92 bits per heavy atom. The topological polar surface area (TPSA) is 38.3 Å². The number of aryl methyl sites for hydroxylation is 1. The monoisotopic (exact) mass is 437 g/mol. The van der Waals surface area contributed by atoms with E-state index in [1.54, 1.807) is 0 Å². The van der Waals surface area contributed by atoms with E-state index in [0.29, 0.717) is 4.58 Å². The van der Waals surface area contributed by atoms with E-state index in [4.69, 9.17) is 4.74 Å². The Morgan fingerprint density at radius 3 is 2.60 bits per heavy atom. The first-order valence-corrected chi connectivity index (χ1v) is 11.0. The Hall–Kier alpha value is -1.11. The van der Waals surface area contributed by atoms with Gasteiger partial charge in [0.1, 0.15) is 5.75 Å². The van der Waals surface area contributed by atoms with Crippen LogP contribution in [-0.4, -0.2) is 24.0 Å². The maximum atomic E-state index is 12.1. The van der Waals surface area contributed by atoms with Gasteiger partial charge < -0.3 is 10.1 Å². The van der Waals surface area contributed by atoms with Crippen molar-refractivity contribution < 1.29 is 9.53 Å². The fourth-order valence-electron chi connectivity index (χ4n) is 2.50. The SMILES string of the molecule is Cc1cc(Br)ccc1NC(=O)COc1ccc(C2SCCCS2)cc1. The molecule has 2 aromatic rings. The van der Waals surface area contributed by atoms with Crippen LogP contribution in [0.15, 0.2) is 46.9 Å². The molecular formula is C19H20BrNO2S2. The predicted octanol–water partition coefficient (Wildman–Crippen LogP) is 5.64. The Balaban J connectivity index is 1.51. The number of benzene rings is 2. The Morgan fingerprint density at radius 1 is 1.20 bits per heavy atom. The van der Waals surface area contributed by atoms with Crippen LogP contribution in [0.4, 0.5) is 5.69 Å². The summed E-state index contributed by atoms with van der Waals surface area (Å²) in [4.78, 5) is 12.1. The van der Waals surface area contributed by atoms with Crippen LogP contribution in [0.3, 0.4) is 0 Å². The molecule has 1 amide bonds. The number of amides is 1. The van der Waals surface area contributed by atoms with E-state index in [1.165, 1.54) is 23.5 Å². The largest absolute Gasteiger partial charge is 0.484 e. The molecule has 0 aliphatic carbocycles. The highest BCUT2D eigenvalue weighted by Gasteiger charge is 2.16. The maximum Gasteiger partial charge on any atom is 0.262 e. The van der Waals surface area contributed by atoms with E-state index in [2.05, 4.69) is 33.4 Å². The van der Waals surface area contributed by atoms with Crippen LogP contribution in [0.1, 0.15) is 22.1 Å². The van der Waals surface area contributed by atoms with Gasteiger partial charge in [-0.05, 0) is 66.3 Å². The van der Waals surface area contributed by atoms with Gasteiger partial charge in [-0.2, -0.15) is 0 Å². The van der Waals surface area contributed by atoms with Gasteiger partial charge in [-0.25, -0.2) is 0 Å². The van der Waals surface area contributed by atoms with Gasteiger partial charge in [-0.1, -0.05) is 28.1 Å². The molecule has 0 spiro atoms. The summed E-state index contributed by atoms with van der Waals surface area (Å²) in [6.45, 7) is 1.96. The standard InChI is InChI=1S/C19H20BrNO2S2/c1-13-11-15(20)5-8-17(13)21-18(22)12-23-16-6-3-14(4-7-16)19-24-9-2-10-25-19/h3-8,11,19H,2,9-10,12H2,1H3,(H,21,22). The van der Waals surface area contributed by atoms with Crippen LogP contribution < -0.4 is 10.1 Å². The summed E-state index contributed by atoms with van der Waals surface area (Å²) in [6, 6.07) is 13.8. The average molecular weight is 438 g/mol. The number of rotatable bonds is 5. The molecular weight excluding hydrogens is 418 g/mol. The van der Waals surface area contributed by atoms with E-state index in [-0.39, 0.29) is 12.5 Å². The van der Waals surface area contributed by atoms with Crippen molar-refractivity contribution in [2.45, 2.75) is 17.9 Å². The van der Waals surface area contributed by atoms with E-state index < -0.39 is 0 Å². The molecule has 1 N–H and O–H groups in total. The van der Waals surface area contributed by atoms with E-state index in [0.717, 1.165) is 21.5 Å². The van der Waals surface area contributed by atoms with Gasteiger partial charge in [0.05, 0.1) is 4.58 Å². The lowest BCUT2D eigenvalue weighted by molar-refractivity contribution is -0.118. The summed E-state index contributed by atoms with van der Waals surface area (Å²) in [5, 5.41) is 2.88. The number of anilines is 1. The molecule has 0 radical (unpaired) electrons. The number of nitrogens with one attached hydrogen (secondary N) is 1. The summed E-state index contributed by atoms with van der Waals surface area (Å²) in [7, 11) is 0. The fraction of sp³-hybridized carbons (Fsp3) is 0.316. The molecule has 132 valence electrons. The second-order valence-corrected chi connectivity index (χ2v) is 9.43. The lowest BCUT2D eigenvalue weighted by Gasteiger charge is -2.21. The molecule has 1 heterocycles. The van der Waals surface area contributed by atoms with Gasteiger partial charge in [0.15, 0.2) is 6.61 Å². The van der Waals surface area contributed by atoms with Crippen molar-refractivity contribution in [3.8, 4) is 5.75 Å². The third kappa shape index (κ3) is 5.43. The van der Waals surface area contributed by atoms with Gasteiger partial charge in [-0.3, -0.25) is 4.79 Å². The van der Waals surface area contributed by atoms with Crippen molar-refractivity contribution in [3.05, 3.63) is 58.1 Å². The van der Waals surface area contributed by atoms with E-state index >= 15 is 0 Å². The lowest BCUT2D eigenvalue weighted by Crippen LogP contribution is -2.20. The summed E-state index contributed by atoms with van der Waals surface area (Å²) in [5.41, 5.74) is 3.13. The minimum Gasteiger partial charge on any atom is -0.484 e. The van der Waals surface area contributed by atoms with Crippen molar-refractivity contribution in [1.82, 2.24) is 0 Å². The molecule has 3 rings (SSSR count). The normalized spacial score (nSPS) is 15.0. The number of hydrogen-bond donors (Lipinski definition) is 1. The molecule has 0 aromatic heterocycles. The van der Waals surface area contributed by atoms with Crippen molar-refractivity contribution in [3.63, 3.8) is 0 Å². The lowest BCUT2D eigenvalue weighted by atomic mass is 10.2. The van der Waals surface area contributed by atoms with Crippen molar-refractivity contribution in [2.75, 3.05) is 23.4 Å². The molecule has 1 aliphatic rings. The zero-order chi connectivity index (χ0) is 17.6. The van der Waals surface area contributed by atoms with Gasteiger partial charge in [-0.15, -0.1) is 23.5 Å². The fourth-order valence-corrected chi connectivity index (χ4v) is 5.87. The molecule has 0 bridgehead atoms. The summed E-state index contributed by atoms with van der Waals surface area (Å²) in [5.74, 6) is 3.02. The molecule has 1 aliphatic heterocycles. The van der Waals surface area contributed by atoms with Crippen LogP contribution in [0.25, 0.3) is 0 Å². The van der Waals surface area contributed by atoms with Gasteiger partial charge in [0, 0.05) is 10.2 Å². The van der Waals surface area contributed by atoms with Gasteiger partial charge in [0.2, 0.25) is 0 Å². The number of hydrogen-bond acceptors (Lipinski definition) is 4. The van der Waals surface area contributed by atoms with Crippen molar-refractivity contribution in [2.24, 2.45) is 0 Å². The minimum atomic E-state index is -0.159. The minimum absolute atomic E-state index is 0.00177. The van der Waals surface area contributed by atoms with E-state index in [1.807, 2.05) is 60.8 Å². The highest BCUT2D eigenvalue weighted by Crippen LogP contribution is 2.43. The number of carbonyl (C=O) groups is 1. The number of thioether (sulfide) groups is 2. The second kappa shape index (κ2) is 9.01. The zero-order valence-corrected chi connectivity index (χ0v) is 17.2. The molecule has 3 nitrogen and oxygen atoms in total. The summed E-state index contributed by atoms with van der Waals surface area (Å²) in [6.07, 6.45) is 1.29. The van der Waals surface area contributed by atoms with Crippen LogP contribution in [-0.2, 0) is 4.79 Å². The van der Waals surface area contributed by atoms with Gasteiger partial charge in [0.25, 0.3) is 5.91 Å². The van der Waals surface area contributed by atoms with Crippen LogP contribution in [0, 0.1) is 6.92 Å². The highest BCUT2D eigenvalue weighted by molar-refractivity contribution is 9.10. The van der Waals surface area contributed by atoms with Crippen molar-refractivity contribution >= 4 is 51.0 Å². The second-order valence-electron chi connectivity index (χ2n) is 5.79. The first-order valence-electron chi connectivity index (χ1n) is 8.14. The molecule has 1 fully saturated rings. The van der Waals surface area contributed by atoms with Gasteiger partial charge >= 0.3 is 0 Å². The van der Waals surface area contributed by atoms with Crippen molar-refractivity contribution in [1.29, 1.82) is 0 Å². The average Bonchev–Trinajstić information content (AvgIpc) is 2.63. The van der Waals surface area contributed by atoms with Crippen LogP contribution >= 0.6 is 39.5 Å². The summed E-state index contributed by atoms with van der Waals surface area (Å²) < 4.78 is 7.13. The molecule has 6 heteroatoms. The maximum absolute atomic E-state index is 12.1. The quantitative estimate of drug-likeness (QED) is 0.656. The predicted molar refractivity (Wildman–Crippen MR) is 112 cm³/mol. The van der Waals surface area contributed by atoms with Crippen LogP contribution in [0.5, 0.6) is 5.75 Å².